The third kappa shape index (κ3) is 7.78. The van der Waals surface area contributed by atoms with Crippen LogP contribution in [-0.4, -0.2) is 34.0 Å². The Kier molecular flexibility index (Phi) is 10.5. The highest BCUT2D eigenvalue weighted by Crippen LogP contribution is 2.14. The molecule has 10 heteroatoms. The van der Waals surface area contributed by atoms with Crippen LogP contribution in [0.3, 0.4) is 0 Å². The van der Waals surface area contributed by atoms with E-state index in [4.69, 9.17) is 11.6 Å². The monoisotopic (exact) mass is 528 g/mol. The molecule has 0 fully saturated rings. The highest BCUT2D eigenvalue weighted by Gasteiger charge is 2.13. The molecule has 144 valence electrons. The van der Waals surface area contributed by atoms with Gasteiger partial charge < -0.3 is 10.6 Å². The van der Waals surface area contributed by atoms with Crippen molar-refractivity contribution >= 4 is 62.9 Å². The third-order valence-electron chi connectivity index (χ3n) is 3.13. The Labute approximate surface area is 180 Å². The van der Waals surface area contributed by atoms with E-state index in [1.54, 1.807) is 23.5 Å². The summed E-state index contributed by atoms with van der Waals surface area (Å²) >= 11 is 7.49. The van der Waals surface area contributed by atoms with Crippen LogP contribution < -0.4 is 15.4 Å². The topological polar surface area (TPSA) is 82.6 Å². The van der Waals surface area contributed by atoms with Crippen LogP contribution in [0.15, 0.2) is 51.7 Å². The molecule has 3 N–H and O–H groups in total. The summed E-state index contributed by atoms with van der Waals surface area (Å²) in [6.07, 6.45) is 0. The van der Waals surface area contributed by atoms with Crippen LogP contribution in [0.4, 0.5) is 0 Å². The lowest BCUT2D eigenvalue weighted by molar-refractivity contribution is 0.580. The zero-order valence-corrected chi connectivity index (χ0v) is 19.0. The van der Waals surface area contributed by atoms with Crippen molar-refractivity contribution in [3.05, 3.63) is 51.7 Å². The molecule has 0 unspecified atom stereocenters. The van der Waals surface area contributed by atoms with E-state index >= 15 is 0 Å². The summed E-state index contributed by atoms with van der Waals surface area (Å²) in [5.74, 6) is 0.651. The molecule has 0 saturated heterocycles. The van der Waals surface area contributed by atoms with E-state index in [-0.39, 0.29) is 35.4 Å². The maximum atomic E-state index is 12.2. The molecule has 0 aliphatic carbocycles. The molecule has 1 aromatic carbocycles. The highest BCUT2D eigenvalue weighted by atomic mass is 127. The predicted molar refractivity (Wildman–Crippen MR) is 119 cm³/mol. The maximum Gasteiger partial charge on any atom is 0.240 e. The average Bonchev–Trinajstić information content (AvgIpc) is 3.10. The predicted octanol–water partition coefficient (Wildman–Crippen LogP) is 3.05. The Morgan fingerprint density at radius 3 is 2.65 bits per heavy atom. The van der Waals surface area contributed by atoms with Gasteiger partial charge in [0.2, 0.25) is 10.0 Å². The first kappa shape index (κ1) is 23.2. The van der Waals surface area contributed by atoms with Crippen LogP contribution in [-0.2, 0) is 16.6 Å². The van der Waals surface area contributed by atoms with Crippen molar-refractivity contribution in [2.45, 2.75) is 18.4 Å². The molecule has 0 aliphatic heterocycles. The van der Waals surface area contributed by atoms with E-state index in [0.717, 1.165) is 6.54 Å². The first-order valence-electron chi connectivity index (χ1n) is 7.81. The standard InChI is InChI=1S/C16H21ClN4O2S2.HI/c1-2-18-16(20-12-14-6-4-10-24-14)19-8-9-21-25(22,23)15-7-3-5-13(17)11-15;/h3-7,10-11,21H,2,8-9,12H2,1H3,(H2,18,19,20);1H. The summed E-state index contributed by atoms with van der Waals surface area (Å²) in [6, 6.07) is 10.2. The number of nitrogens with zero attached hydrogens (tertiary/aromatic N) is 1. The Hall–Kier alpha value is -0.880. The summed E-state index contributed by atoms with van der Waals surface area (Å²) in [6.45, 7) is 3.93. The van der Waals surface area contributed by atoms with E-state index in [0.29, 0.717) is 24.1 Å². The van der Waals surface area contributed by atoms with Crippen LogP contribution in [0.1, 0.15) is 11.8 Å². The second-order valence-electron chi connectivity index (χ2n) is 5.06. The smallest absolute Gasteiger partial charge is 0.240 e. The molecule has 26 heavy (non-hydrogen) atoms. The molecule has 0 saturated carbocycles. The lowest BCUT2D eigenvalue weighted by atomic mass is 10.4. The number of nitrogens with one attached hydrogen (secondary N) is 3. The Balaban J connectivity index is 0.00000338. The van der Waals surface area contributed by atoms with Crippen LogP contribution in [0.2, 0.25) is 5.02 Å². The van der Waals surface area contributed by atoms with Crippen molar-refractivity contribution in [2.75, 3.05) is 19.6 Å². The molecule has 2 aromatic rings. The van der Waals surface area contributed by atoms with Gasteiger partial charge in [-0.15, -0.1) is 35.3 Å². The molecule has 6 nitrogen and oxygen atoms in total. The first-order valence-corrected chi connectivity index (χ1v) is 10.5. The van der Waals surface area contributed by atoms with Crippen LogP contribution in [0.25, 0.3) is 0 Å². The lowest BCUT2D eigenvalue weighted by Gasteiger charge is -2.12. The van der Waals surface area contributed by atoms with Crippen LogP contribution in [0.5, 0.6) is 0 Å². The molecular formula is C16H22ClIN4O2S2. The molecule has 0 radical (unpaired) electrons. The minimum atomic E-state index is -3.57. The lowest BCUT2D eigenvalue weighted by Crippen LogP contribution is -2.41. The molecule has 0 spiro atoms. The van der Waals surface area contributed by atoms with Crippen molar-refractivity contribution in [3.8, 4) is 0 Å². The van der Waals surface area contributed by atoms with Gasteiger partial charge in [0.1, 0.15) is 0 Å². The fourth-order valence-corrected chi connectivity index (χ4v) is 3.95. The molecule has 1 heterocycles. The highest BCUT2D eigenvalue weighted by molar-refractivity contribution is 14.0. The third-order valence-corrected chi connectivity index (χ3v) is 5.69. The quantitative estimate of drug-likeness (QED) is 0.213. The molecule has 0 atom stereocenters. The summed E-state index contributed by atoms with van der Waals surface area (Å²) in [5, 5.41) is 8.63. The fraction of sp³-hybridized carbons (Fsp3) is 0.312. The summed E-state index contributed by atoms with van der Waals surface area (Å²) in [4.78, 5) is 5.79. The number of hydrogen-bond acceptors (Lipinski definition) is 4. The number of thiophene rings is 1. The zero-order chi connectivity index (χ0) is 18.1. The largest absolute Gasteiger partial charge is 0.357 e. The minimum absolute atomic E-state index is 0. The summed E-state index contributed by atoms with van der Waals surface area (Å²) in [5.41, 5.74) is 0. The number of rotatable bonds is 8. The average molecular weight is 529 g/mol. The Bertz CT molecular complexity index is 798. The number of hydrogen-bond donors (Lipinski definition) is 3. The van der Waals surface area contributed by atoms with Gasteiger partial charge in [0.25, 0.3) is 0 Å². The Morgan fingerprint density at radius 2 is 2.00 bits per heavy atom. The van der Waals surface area contributed by atoms with E-state index in [2.05, 4.69) is 20.3 Å². The number of sulfonamides is 1. The van der Waals surface area contributed by atoms with Gasteiger partial charge >= 0.3 is 0 Å². The van der Waals surface area contributed by atoms with Crippen LogP contribution >= 0.6 is 46.9 Å². The van der Waals surface area contributed by atoms with Crippen molar-refractivity contribution in [3.63, 3.8) is 0 Å². The van der Waals surface area contributed by atoms with Gasteiger partial charge in [0.05, 0.1) is 11.4 Å². The maximum absolute atomic E-state index is 12.2. The number of guanidine groups is 1. The molecule has 0 amide bonds. The van der Waals surface area contributed by atoms with Crippen molar-refractivity contribution < 1.29 is 8.42 Å². The number of benzene rings is 1. The van der Waals surface area contributed by atoms with Gasteiger partial charge in [-0.3, -0.25) is 0 Å². The van der Waals surface area contributed by atoms with E-state index in [1.165, 1.54) is 17.0 Å². The van der Waals surface area contributed by atoms with Crippen molar-refractivity contribution in [2.24, 2.45) is 4.99 Å². The van der Waals surface area contributed by atoms with Gasteiger partial charge in [-0.05, 0) is 36.6 Å². The normalized spacial score (nSPS) is 11.7. The van der Waals surface area contributed by atoms with Gasteiger partial charge in [-0.1, -0.05) is 23.7 Å². The molecule has 1 aromatic heterocycles. The zero-order valence-electron chi connectivity index (χ0n) is 14.2. The van der Waals surface area contributed by atoms with Crippen molar-refractivity contribution in [1.82, 2.24) is 15.4 Å². The number of halogens is 2. The fourth-order valence-electron chi connectivity index (χ4n) is 1.99. The van der Waals surface area contributed by atoms with E-state index in [9.17, 15) is 8.42 Å². The van der Waals surface area contributed by atoms with E-state index < -0.39 is 10.0 Å². The second-order valence-corrected chi connectivity index (χ2v) is 8.29. The minimum Gasteiger partial charge on any atom is -0.357 e. The van der Waals surface area contributed by atoms with Gasteiger partial charge in [-0.25, -0.2) is 18.1 Å². The second kappa shape index (κ2) is 11.8. The van der Waals surface area contributed by atoms with Crippen molar-refractivity contribution in [1.29, 1.82) is 0 Å². The first-order chi connectivity index (χ1) is 12.0. The molecular weight excluding hydrogens is 507 g/mol. The summed E-state index contributed by atoms with van der Waals surface area (Å²) < 4.78 is 26.9. The molecule has 0 aliphatic rings. The summed E-state index contributed by atoms with van der Waals surface area (Å²) in [7, 11) is -3.57. The van der Waals surface area contributed by atoms with Crippen LogP contribution in [0, 0.1) is 0 Å². The molecule has 0 bridgehead atoms. The number of aliphatic imine (C=N–C) groups is 1. The SMILES string of the molecule is CCNC(=NCc1cccs1)NCCNS(=O)(=O)c1cccc(Cl)c1.I. The Morgan fingerprint density at radius 1 is 1.19 bits per heavy atom. The van der Waals surface area contributed by atoms with E-state index in [1.807, 2.05) is 24.4 Å². The molecule has 2 rings (SSSR count). The van der Waals surface area contributed by atoms with Gasteiger partial charge in [-0.2, -0.15) is 0 Å². The van der Waals surface area contributed by atoms with Gasteiger partial charge in [0, 0.05) is 29.5 Å². The van der Waals surface area contributed by atoms with Gasteiger partial charge in [0.15, 0.2) is 5.96 Å².